The van der Waals surface area contributed by atoms with Crippen LogP contribution in [0.15, 0.2) is 61.9 Å². The molecule has 1 aromatic carbocycles. The van der Waals surface area contributed by atoms with Gasteiger partial charge < -0.3 is 9.80 Å². The molecule has 25 heavy (non-hydrogen) atoms. The molecule has 0 saturated carbocycles. The van der Waals surface area contributed by atoms with Crippen LogP contribution < -0.4 is 4.90 Å². The van der Waals surface area contributed by atoms with Gasteiger partial charge in [0.15, 0.2) is 0 Å². The Hall–Kier alpha value is -1.34. The molecule has 1 aromatic heterocycles. The van der Waals surface area contributed by atoms with Gasteiger partial charge >= 0.3 is 0 Å². The number of rotatable bonds is 2. The molecule has 1 saturated heterocycles. The lowest BCUT2D eigenvalue weighted by Gasteiger charge is -2.18. The van der Waals surface area contributed by atoms with Crippen LogP contribution in [0.25, 0.3) is 6.08 Å². The first kappa shape index (κ1) is 17.1. The fraction of sp³-hybridized carbons (Fsp3) is 0.167. The Morgan fingerprint density at radius 3 is 2.88 bits per heavy atom. The SMILES string of the molecule is C=C1/C(=C2\Sc3ccc(Cl)cc3N2C)S/C(=C\c2nccs2)N1CC. The second-order valence-corrected chi connectivity index (χ2v) is 8.98. The number of likely N-dealkylation sites (N-methyl/N-ethyl adjacent to an activating group) is 1. The van der Waals surface area contributed by atoms with E-state index in [9.17, 15) is 0 Å². The highest BCUT2D eigenvalue weighted by Crippen LogP contribution is 2.54. The number of nitrogens with zero attached hydrogens (tertiary/aromatic N) is 3. The molecule has 0 N–H and O–H groups in total. The van der Waals surface area contributed by atoms with Gasteiger partial charge in [0.2, 0.25) is 0 Å². The number of hydrogen-bond acceptors (Lipinski definition) is 6. The highest BCUT2D eigenvalue weighted by Gasteiger charge is 2.33. The number of benzene rings is 1. The average Bonchev–Trinajstić information content (AvgIpc) is 3.28. The fourth-order valence-electron chi connectivity index (χ4n) is 2.83. The number of hydrogen-bond donors (Lipinski definition) is 0. The maximum atomic E-state index is 6.18. The van der Waals surface area contributed by atoms with E-state index in [4.69, 9.17) is 11.6 Å². The van der Waals surface area contributed by atoms with Gasteiger partial charge in [-0.1, -0.05) is 41.7 Å². The Morgan fingerprint density at radius 1 is 1.32 bits per heavy atom. The van der Waals surface area contributed by atoms with Crippen LogP contribution in [0, 0.1) is 0 Å². The molecule has 1 fully saturated rings. The Bertz CT molecular complexity index is 902. The minimum Gasteiger partial charge on any atom is -0.337 e. The average molecular weight is 406 g/mol. The van der Waals surface area contributed by atoms with Crippen LogP contribution in [0.4, 0.5) is 5.69 Å². The zero-order valence-electron chi connectivity index (χ0n) is 13.8. The molecular formula is C18H16ClN3S3. The van der Waals surface area contributed by atoms with Crippen LogP contribution in [0.2, 0.25) is 5.02 Å². The summed E-state index contributed by atoms with van der Waals surface area (Å²) in [6.07, 6.45) is 3.98. The standard InChI is InChI=1S/C18H16ClN3S3/c1-4-22-11(2)17(25-16(22)10-15-20-7-8-23-15)18-21(3)13-9-12(19)5-6-14(13)24-18/h5-10H,2,4H2,1,3H3/b16-10-,18-17+. The van der Waals surface area contributed by atoms with Crippen LogP contribution in [-0.4, -0.2) is 23.5 Å². The molecule has 0 spiro atoms. The number of aromatic nitrogens is 1. The van der Waals surface area contributed by atoms with Gasteiger partial charge in [-0.3, -0.25) is 0 Å². The Labute approximate surface area is 165 Å². The molecule has 0 aliphatic carbocycles. The van der Waals surface area contributed by atoms with Gasteiger partial charge in [-0.05, 0) is 25.1 Å². The smallest absolute Gasteiger partial charge is 0.118 e. The number of anilines is 1. The summed E-state index contributed by atoms with van der Waals surface area (Å²) in [6, 6.07) is 6.04. The summed E-state index contributed by atoms with van der Waals surface area (Å²) < 4.78 is 0. The van der Waals surface area contributed by atoms with E-state index in [-0.39, 0.29) is 0 Å². The summed E-state index contributed by atoms with van der Waals surface area (Å²) in [5.41, 5.74) is 2.19. The Kier molecular flexibility index (Phi) is 4.62. The molecule has 0 atom stereocenters. The summed E-state index contributed by atoms with van der Waals surface area (Å²) in [5.74, 6) is 0. The van der Waals surface area contributed by atoms with Gasteiger partial charge in [-0.15, -0.1) is 11.3 Å². The Balaban J connectivity index is 1.74. The lowest BCUT2D eigenvalue weighted by atomic mass is 10.3. The molecule has 0 radical (unpaired) electrons. The molecule has 0 bridgehead atoms. The summed E-state index contributed by atoms with van der Waals surface area (Å²) in [4.78, 5) is 11.3. The van der Waals surface area contributed by atoms with E-state index < -0.39 is 0 Å². The minimum absolute atomic E-state index is 0.759. The van der Waals surface area contributed by atoms with Crippen molar-refractivity contribution in [3.8, 4) is 0 Å². The lowest BCUT2D eigenvalue weighted by molar-refractivity contribution is 0.507. The maximum absolute atomic E-state index is 6.18. The van der Waals surface area contributed by atoms with Gasteiger partial charge in [-0.2, -0.15) is 0 Å². The molecule has 2 aliphatic heterocycles. The zero-order chi connectivity index (χ0) is 17.6. The van der Waals surface area contributed by atoms with E-state index in [1.54, 1.807) is 34.9 Å². The predicted octanol–water partition coefficient (Wildman–Crippen LogP) is 6.09. The van der Waals surface area contributed by atoms with E-state index in [1.807, 2.05) is 23.7 Å². The second-order valence-electron chi connectivity index (χ2n) is 5.55. The van der Waals surface area contributed by atoms with Gasteiger partial charge in [0.05, 0.1) is 26.3 Å². The van der Waals surface area contributed by atoms with Crippen molar-refractivity contribution in [2.45, 2.75) is 11.8 Å². The molecule has 3 nitrogen and oxygen atoms in total. The van der Waals surface area contributed by atoms with Crippen molar-refractivity contribution in [2.24, 2.45) is 0 Å². The molecule has 2 aromatic rings. The monoisotopic (exact) mass is 405 g/mol. The van der Waals surface area contributed by atoms with Crippen molar-refractivity contribution in [2.75, 3.05) is 18.5 Å². The van der Waals surface area contributed by atoms with Crippen molar-refractivity contribution < 1.29 is 0 Å². The van der Waals surface area contributed by atoms with Crippen LogP contribution in [0.3, 0.4) is 0 Å². The molecule has 2 aliphatic rings. The summed E-state index contributed by atoms with van der Waals surface area (Å²) in [5, 5.41) is 6.15. The zero-order valence-corrected chi connectivity index (χ0v) is 17.0. The first-order valence-electron chi connectivity index (χ1n) is 7.79. The van der Waals surface area contributed by atoms with E-state index >= 15 is 0 Å². The maximum Gasteiger partial charge on any atom is 0.118 e. The van der Waals surface area contributed by atoms with Gasteiger partial charge in [0, 0.05) is 41.2 Å². The summed E-state index contributed by atoms with van der Waals surface area (Å²) in [6.45, 7) is 7.38. The van der Waals surface area contributed by atoms with E-state index in [1.165, 1.54) is 19.9 Å². The van der Waals surface area contributed by atoms with E-state index in [2.05, 4.69) is 47.5 Å². The Morgan fingerprint density at radius 2 is 2.16 bits per heavy atom. The van der Waals surface area contributed by atoms with Crippen molar-refractivity contribution >= 4 is 58.2 Å². The first-order valence-corrected chi connectivity index (χ1v) is 10.7. The quantitative estimate of drug-likeness (QED) is 0.600. The predicted molar refractivity (Wildman–Crippen MR) is 112 cm³/mol. The third kappa shape index (κ3) is 3.01. The number of halogens is 1. The van der Waals surface area contributed by atoms with Crippen LogP contribution in [-0.2, 0) is 0 Å². The van der Waals surface area contributed by atoms with Crippen molar-refractivity contribution in [1.29, 1.82) is 0 Å². The normalized spacial score (nSPS) is 21.6. The van der Waals surface area contributed by atoms with Crippen LogP contribution in [0.5, 0.6) is 0 Å². The van der Waals surface area contributed by atoms with E-state index in [0.29, 0.717) is 0 Å². The third-order valence-electron chi connectivity index (χ3n) is 4.06. The number of fused-ring (bicyclic) bond motifs is 1. The molecule has 128 valence electrons. The van der Waals surface area contributed by atoms with Crippen molar-refractivity contribution in [3.05, 3.63) is 67.0 Å². The van der Waals surface area contributed by atoms with Crippen molar-refractivity contribution in [3.63, 3.8) is 0 Å². The molecule has 0 unspecified atom stereocenters. The van der Waals surface area contributed by atoms with E-state index in [0.717, 1.165) is 28.0 Å². The fourth-order valence-corrected chi connectivity index (χ4v) is 6.15. The lowest BCUT2D eigenvalue weighted by Crippen LogP contribution is -2.16. The molecule has 4 rings (SSSR count). The largest absolute Gasteiger partial charge is 0.337 e. The van der Waals surface area contributed by atoms with Crippen LogP contribution >= 0.6 is 46.5 Å². The number of thiazole rings is 1. The third-order valence-corrected chi connectivity index (χ3v) is 7.57. The topological polar surface area (TPSA) is 19.4 Å². The minimum atomic E-state index is 0.759. The molecule has 3 heterocycles. The molecule has 0 amide bonds. The molecule has 7 heteroatoms. The van der Waals surface area contributed by atoms with Crippen LogP contribution in [0.1, 0.15) is 11.9 Å². The van der Waals surface area contributed by atoms with Gasteiger partial charge in [0.1, 0.15) is 5.01 Å². The number of thioether (sulfide) groups is 2. The highest BCUT2D eigenvalue weighted by atomic mass is 35.5. The second kappa shape index (κ2) is 6.76. The van der Waals surface area contributed by atoms with Gasteiger partial charge in [-0.25, -0.2) is 4.98 Å². The highest BCUT2D eigenvalue weighted by molar-refractivity contribution is 8.09. The van der Waals surface area contributed by atoms with Gasteiger partial charge in [0.25, 0.3) is 0 Å². The first-order chi connectivity index (χ1) is 12.1. The molecular weight excluding hydrogens is 390 g/mol. The summed E-state index contributed by atoms with van der Waals surface area (Å²) in [7, 11) is 2.09. The van der Waals surface area contributed by atoms with Crippen molar-refractivity contribution in [1.82, 2.24) is 9.88 Å². The summed E-state index contributed by atoms with van der Waals surface area (Å²) >= 11 is 11.4.